The van der Waals surface area contributed by atoms with E-state index in [-0.39, 0.29) is 5.78 Å². The zero-order valence-corrected chi connectivity index (χ0v) is 9.34. The molecule has 0 fully saturated rings. The minimum absolute atomic E-state index is 0.0733. The number of Topliss-reactive ketones (excluding diaryl/α,β-unsaturated/α-hetero) is 1. The van der Waals surface area contributed by atoms with Gasteiger partial charge in [0.2, 0.25) is 0 Å². The van der Waals surface area contributed by atoms with Crippen molar-refractivity contribution in [3.8, 4) is 0 Å². The van der Waals surface area contributed by atoms with E-state index in [4.69, 9.17) is 0 Å². The molecule has 0 radical (unpaired) electrons. The van der Waals surface area contributed by atoms with Crippen molar-refractivity contribution in [1.82, 2.24) is 14.8 Å². The fourth-order valence-corrected chi connectivity index (χ4v) is 1.54. The first-order valence-electron chi connectivity index (χ1n) is 5.09. The Morgan fingerprint density at radius 2 is 2.25 bits per heavy atom. The van der Waals surface area contributed by atoms with Gasteiger partial charge in [-0.05, 0) is 25.1 Å². The van der Waals surface area contributed by atoms with Crippen LogP contribution in [0.4, 0.5) is 0 Å². The van der Waals surface area contributed by atoms with Crippen LogP contribution in [0.5, 0.6) is 0 Å². The smallest absolute Gasteiger partial charge is 0.169 e. The van der Waals surface area contributed by atoms with Crippen LogP contribution in [0.3, 0.4) is 0 Å². The zero-order chi connectivity index (χ0) is 11.5. The second kappa shape index (κ2) is 4.26. The lowest BCUT2D eigenvalue weighted by molar-refractivity contribution is 0.0991. The number of carbonyl (C=O) groups is 1. The van der Waals surface area contributed by atoms with Gasteiger partial charge in [-0.3, -0.25) is 14.5 Å². The number of hydrogen-bond donors (Lipinski definition) is 0. The molecule has 0 atom stereocenters. The van der Waals surface area contributed by atoms with Crippen molar-refractivity contribution in [2.24, 2.45) is 7.05 Å². The van der Waals surface area contributed by atoms with Crippen LogP contribution in [0.1, 0.15) is 21.7 Å². The number of hydrogen-bond acceptors (Lipinski definition) is 3. The molecule has 4 heteroatoms. The quantitative estimate of drug-likeness (QED) is 0.730. The average molecular weight is 215 g/mol. The van der Waals surface area contributed by atoms with Crippen LogP contribution in [0.2, 0.25) is 0 Å². The molecule has 0 unspecified atom stereocenters. The average Bonchev–Trinajstić information content (AvgIpc) is 2.64. The highest BCUT2D eigenvalue weighted by Crippen LogP contribution is 2.06. The van der Waals surface area contributed by atoms with E-state index in [0.29, 0.717) is 12.0 Å². The summed E-state index contributed by atoms with van der Waals surface area (Å²) in [5.74, 6) is 0.0733. The normalized spacial score (nSPS) is 10.4. The minimum atomic E-state index is 0.0733. The maximum atomic E-state index is 11.9. The van der Waals surface area contributed by atoms with Gasteiger partial charge >= 0.3 is 0 Å². The molecule has 2 aromatic heterocycles. The summed E-state index contributed by atoms with van der Waals surface area (Å²) in [5.41, 5.74) is 2.34. The van der Waals surface area contributed by atoms with Gasteiger partial charge < -0.3 is 0 Å². The molecule has 2 aromatic rings. The number of aromatic nitrogens is 3. The summed E-state index contributed by atoms with van der Waals surface area (Å²) in [6.45, 7) is 1.87. The Kier molecular flexibility index (Phi) is 2.81. The van der Waals surface area contributed by atoms with Gasteiger partial charge in [-0.1, -0.05) is 0 Å². The molecular weight excluding hydrogens is 202 g/mol. The van der Waals surface area contributed by atoms with Crippen molar-refractivity contribution in [1.29, 1.82) is 0 Å². The fraction of sp³-hybridized carbons (Fsp3) is 0.250. The summed E-state index contributed by atoms with van der Waals surface area (Å²) in [5, 5.41) is 4.18. The van der Waals surface area contributed by atoms with E-state index in [1.807, 2.05) is 26.2 Å². The number of rotatable bonds is 3. The van der Waals surface area contributed by atoms with Crippen LogP contribution in [0.15, 0.2) is 30.6 Å². The summed E-state index contributed by atoms with van der Waals surface area (Å²) >= 11 is 0. The standard InChI is InChI=1S/C12H13N3O/c1-9-7-10(3-5-13-9)12(16)8-11-4-6-15(2)14-11/h3-7H,8H2,1-2H3. The number of ketones is 1. The molecule has 0 aromatic carbocycles. The number of pyridine rings is 1. The van der Waals surface area contributed by atoms with Crippen LogP contribution in [0, 0.1) is 6.92 Å². The Hall–Kier alpha value is -1.97. The van der Waals surface area contributed by atoms with Crippen LogP contribution < -0.4 is 0 Å². The Labute approximate surface area is 93.9 Å². The lowest BCUT2D eigenvalue weighted by atomic mass is 10.1. The van der Waals surface area contributed by atoms with Crippen molar-refractivity contribution in [3.05, 3.63) is 47.5 Å². The van der Waals surface area contributed by atoms with Gasteiger partial charge in [-0.25, -0.2) is 0 Å². The molecule has 16 heavy (non-hydrogen) atoms. The number of carbonyl (C=O) groups excluding carboxylic acids is 1. The van der Waals surface area contributed by atoms with Crippen molar-refractivity contribution >= 4 is 5.78 Å². The highest BCUT2D eigenvalue weighted by Gasteiger charge is 2.08. The second-order valence-electron chi connectivity index (χ2n) is 3.77. The molecule has 2 rings (SSSR count). The maximum Gasteiger partial charge on any atom is 0.169 e. The monoisotopic (exact) mass is 215 g/mol. The largest absolute Gasteiger partial charge is 0.294 e. The van der Waals surface area contributed by atoms with Crippen molar-refractivity contribution in [2.75, 3.05) is 0 Å². The first-order valence-corrected chi connectivity index (χ1v) is 5.09. The van der Waals surface area contributed by atoms with Gasteiger partial charge in [0.05, 0.1) is 12.1 Å². The molecule has 2 heterocycles. The van der Waals surface area contributed by atoms with Crippen molar-refractivity contribution in [2.45, 2.75) is 13.3 Å². The van der Waals surface area contributed by atoms with E-state index in [1.54, 1.807) is 23.0 Å². The predicted molar refractivity (Wildman–Crippen MR) is 60.2 cm³/mol. The van der Waals surface area contributed by atoms with E-state index >= 15 is 0 Å². The first kappa shape index (κ1) is 10.5. The van der Waals surface area contributed by atoms with Crippen LogP contribution >= 0.6 is 0 Å². The van der Waals surface area contributed by atoms with E-state index in [1.165, 1.54) is 0 Å². The summed E-state index contributed by atoms with van der Waals surface area (Å²) in [4.78, 5) is 16.0. The number of aryl methyl sites for hydroxylation is 2. The molecule has 0 aliphatic carbocycles. The molecule has 0 N–H and O–H groups in total. The van der Waals surface area contributed by atoms with Crippen molar-refractivity contribution < 1.29 is 4.79 Å². The lowest BCUT2D eigenvalue weighted by Gasteiger charge is -1.99. The maximum absolute atomic E-state index is 11.9. The number of nitrogens with zero attached hydrogens (tertiary/aromatic N) is 3. The van der Waals surface area contributed by atoms with Gasteiger partial charge in [-0.2, -0.15) is 5.10 Å². The minimum Gasteiger partial charge on any atom is -0.294 e. The highest BCUT2D eigenvalue weighted by molar-refractivity contribution is 5.97. The zero-order valence-electron chi connectivity index (χ0n) is 9.34. The molecule has 0 spiro atoms. The molecule has 0 aliphatic heterocycles. The Morgan fingerprint density at radius 1 is 1.44 bits per heavy atom. The predicted octanol–water partition coefficient (Wildman–Crippen LogP) is 1.55. The lowest BCUT2D eigenvalue weighted by Crippen LogP contribution is -2.05. The highest BCUT2D eigenvalue weighted by atomic mass is 16.1. The molecule has 0 bridgehead atoms. The van der Waals surface area contributed by atoms with Crippen LogP contribution in [-0.2, 0) is 13.5 Å². The SMILES string of the molecule is Cc1cc(C(=O)Cc2ccn(C)n2)ccn1. The molecule has 0 saturated heterocycles. The summed E-state index contributed by atoms with van der Waals surface area (Å²) < 4.78 is 1.69. The van der Waals surface area contributed by atoms with Gasteiger partial charge in [-0.15, -0.1) is 0 Å². The second-order valence-corrected chi connectivity index (χ2v) is 3.77. The van der Waals surface area contributed by atoms with E-state index in [0.717, 1.165) is 11.4 Å². The van der Waals surface area contributed by atoms with E-state index < -0.39 is 0 Å². The first-order chi connectivity index (χ1) is 7.65. The Morgan fingerprint density at radius 3 is 2.88 bits per heavy atom. The summed E-state index contributed by atoms with van der Waals surface area (Å²) in [7, 11) is 1.84. The van der Waals surface area contributed by atoms with Crippen molar-refractivity contribution in [3.63, 3.8) is 0 Å². The summed E-state index contributed by atoms with van der Waals surface area (Å²) in [6.07, 6.45) is 3.83. The Bertz CT molecular complexity index is 516. The molecule has 82 valence electrons. The van der Waals surface area contributed by atoms with Gasteiger partial charge in [0.1, 0.15) is 0 Å². The molecule has 0 amide bonds. The Balaban J connectivity index is 2.14. The topological polar surface area (TPSA) is 47.8 Å². The third-order valence-corrected chi connectivity index (χ3v) is 2.33. The van der Waals surface area contributed by atoms with Gasteiger partial charge in [0.15, 0.2) is 5.78 Å². The molecule has 0 saturated carbocycles. The molecule has 0 aliphatic rings. The third kappa shape index (κ3) is 2.34. The molecule has 4 nitrogen and oxygen atoms in total. The van der Waals surface area contributed by atoms with Crippen LogP contribution in [-0.4, -0.2) is 20.5 Å². The van der Waals surface area contributed by atoms with Gasteiger partial charge in [0.25, 0.3) is 0 Å². The summed E-state index contributed by atoms with van der Waals surface area (Å²) in [6, 6.07) is 5.38. The molecular formula is C12H13N3O. The van der Waals surface area contributed by atoms with E-state index in [2.05, 4.69) is 10.1 Å². The third-order valence-electron chi connectivity index (χ3n) is 2.33. The van der Waals surface area contributed by atoms with E-state index in [9.17, 15) is 4.79 Å². The van der Waals surface area contributed by atoms with Gasteiger partial charge in [0, 0.05) is 30.7 Å². The fourth-order valence-electron chi connectivity index (χ4n) is 1.54. The van der Waals surface area contributed by atoms with Crippen LogP contribution in [0.25, 0.3) is 0 Å².